The normalized spacial score (nSPS) is 26.6. The standard InChI is InChI=1S/C11H22ClN2O.BrH/c12-9-11(15)10-13-3-7-14(8-4-13)5-1-2-6-14;/h11,15H,1-10H2;1H/q+1;/p-1. The molecule has 0 aromatic rings. The summed E-state index contributed by atoms with van der Waals surface area (Å²) in [7, 11) is 0. The fourth-order valence-corrected chi connectivity index (χ4v) is 3.01. The molecule has 2 fully saturated rings. The molecule has 0 radical (unpaired) electrons. The van der Waals surface area contributed by atoms with Crippen LogP contribution in [0.4, 0.5) is 0 Å². The minimum atomic E-state index is -0.350. The van der Waals surface area contributed by atoms with Crippen LogP contribution in [0.5, 0.6) is 0 Å². The van der Waals surface area contributed by atoms with Crippen molar-refractivity contribution < 1.29 is 26.6 Å². The van der Waals surface area contributed by atoms with Crippen molar-refractivity contribution >= 4 is 11.6 Å². The van der Waals surface area contributed by atoms with E-state index >= 15 is 0 Å². The van der Waals surface area contributed by atoms with Gasteiger partial charge in [0.25, 0.3) is 0 Å². The number of hydrogen-bond acceptors (Lipinski definition) is 2. The van der Waals surface area contributed by atoms with Gasteiger partial charge in [0.05, 0.1) is 32.3 Å². The largest absolute Gasteiger partial charge is 1.00 e. The number of rotatable bonds is 3. The van der Waals surface area contributed by atoms with E-state index in [0.29, 0.717) is 5.88 Å². The number of β-amino-alcohol motifs (C(OH)–C–C–N with tert-alkyl or cyclic N) is 1. The van der Waals surface area contributed by atoms with Crippen LogP contribution in [0.3, 0.4) is 0 Å². The molecule has 0 bridgehead atoms. The summed E-state index contributed by atoms with van der Waals surface area (Å²) in [5, 5.41) is 9.49. The molecule has 3 nitrogen and oxygen atoms in total. The van der Waals surface area contributed by atoms with Gasteiger partial charge in [0.1, 0.15) is 0 Å². The molecule has 0 amide bonds. The Hall–Kier alpha value is 0.650. The van der Waals surface area contributed by atoms with E-state index in [1.807, 2.05) is 0 Å². The van der Waals surface area contributed by atoms with Crippen molar-refractivity contribution in [1.82, 2.24) is 4.90 Å². The number of nitrogens with zero attached hydrogens (tertiary/aromatic N) is 2. The van der Waals surface area contributed by atoms with Crippen LogP contribution in [-0.4, -0.2) is 72.3 Å². The number of aliphatic hydroxyl groups excluding tert-OH is 1. The predicted molar refractivity (Wildman–Crippen MR) is 62.1 cm³/mol. The lowest BCUT2D eigenvalue weighted by Crippen LogP contribution is -3.00. The number of halogens is 2. The Kier molecular flexibility index (Phi) is 6.02. The Morgan fingerprint density at radius 2 is 1.69 bits per heavy atom. The number of alkyl halides is 1. The van der Waals surface area contributed by atoms with E-state index in [4.69, 9.17) is 11.6 Å². The van der Waals surface area contributed by atoms with Gasteiger partial charge in [-0.1, -0.05) is 0 Å². The van der Waals surface area contributed by atoms with Crippen LogP contribution in [0, 0.1) is 0 Å². The predicted octanol–water partition coefficient (Wildman–Crippen LogP) is -2.48. The lowest BCUT2D eigenvalue weighted by Gasteiger charge is -2.42. The lowest BCUT2D eigenvalue weighted by atomic mass is 10.2. The van der Waals surface area contributed by atoms with E-state index in [1.54, 1.807) is 0 Å². The second-order valence-corrected chi connectivity index (χ2v) is 5.36. The monoisotopic (exact) mass is 312 g/mol. The minimum Gasteiger partial charge on any atom is -1.00 e. The summed E-state index contributed by atoms with van der Waals surface area (Å²) in [4.78, 5) is 2.36. The zero-order chi connectivity index (χ0) is 10.7. The zero-order valence-corrected chi connectivity index (χ0v) is 12.1. The molecule has 5 heteroatoms. The van der Waals surface area contributed by atoms with Crippen LogP contribution in [0.2, 0.25) is 0 Å². The smallest absolute Gasteiger partial charge is 0.0916 e. The van der Waals surface area contributed by atoms with Gasteiger partial charge in [-0.2, -0.15) is 0 Å². The highest BCUT2D eigenvalue weighted by atomic mass is 79.9. The maximum absolute atomic E-state index is 9.49. The Labute approximate surface area is 114 Å². The fourth-order valence-electron chi connectivity index (χ4n) is 2.91. The number of quaternary nitrogens is 1. The van der Waals surface area contributed by atoms with E-state index in [2.05, 4.69) is 4.90 Å². The van der Waals surface area contributed by atoms with Gasteiger partial charge < -0.3 is 26.6 Å². The molecule has 0 aromatic carbocycles. The first-order chi connectivity index (χ1) is 7.24. The second kappa shape index (κ2) is 6.55. The van der Waals surface area contributed by atoms with Crippen molar-refractivity contribution in [1.29, 1.82) is 0 Å². The number of hydrogen-bond donors (Lipinski definition) is 1. The highest BCUT2D eigenvalue weighted by Gasteiger charge is 2.35. The van der Waals surface area contributed by atoms with E-state index in [-0.39, 0.29) is 23.1 Å². The summed E-state index contributed by atoms with van der Waals surface area (Å²) in [6.45, 7) is 8.33. The van der Waals surface area contributed by atoms with Crippen molar-refractivity contribution in [3.8, 4) is 0 Å². The molecule has 2 saturated heterocycles. The van der Waals surface area contributed by atoms with Crippen molar-refractivity contribution in [2.45, 2.75) is 18.9 Å². The zero-order valence-electron chi connectivity index (χ0n) is 9.75. The third kappa shape index (κ3) is 3.57. The molecule has 1 unspecified atom stereocenters. The van der Waals surface area contributed by atoms with Crippen LogP contribution in [0.15, 0.2) is 0 Å². The molecule has 1 atom stereocenters. The third-order valence-corrected chi connectivity index (χ3v) is 4.30. The average molecular weight is 314 g/mol. The summed E-state index contributed by atoms with van der Waals surface area (Å²) in [6, 6.07) is 0. The highest BCUT2D eigenvalue weighted by molar-refractivity contribution is 6.18. The van der Waals surface area contributed by atoms with Gasteiger partial charge in [0.15, 0.2) is 0 Å². The van der Waals surface area contributed by atoms with Gasteiger partial charge in [0.2, 0.25) is 0 Å². The lowest BCUT2D eigenvalue weighted by molar-refractivity contribution is -0.920. The summed E-state index contributed by atoms with van der Waals surface area (Å²) in [5.74, 6) is 0.358. The molecule has 2 aliphatic heterocycles. The van der Waals surface area contributed by atoms with E-state index in [9.17, 15) is 5.11 Å². The van der Waals surface area contributed by atoms with E-state index < -0.39 is 0 Å². The van der Waals surface area contributed by atoms with Gasteiger partial charge in [-0.15, -0.1) is 11.6 Å². The van der Waals surface area contributed by atoms with E-state index in [0.717, 1.165) is 19.6 Å². The van der Waals surface area contributed by atoms with Crippen molar-refractivity contribution in [3.63, 3.8) is 0 Å². The van der Waals surface area contributed by atoms with Crippen molar-refractivity contribution in [3.05, 3.63) is 0 Å². The second-order valence-electron chi connectivity index (χ2n) is 5.05. The molecule has 2 rings (SSSR count). The van der Waals surface area contributed by atoms with Crippen molar-refractivity contribution in [2.75, 3.05) is 51.7 Å². The molecule has 16 heavy (non-hydrogen) atoms. The molecule has 2 aliphatic rings. The van der Waals surface area contributed by atoms with Gasteiger partial charge in [-0.25, -0.2) is 0 Å². The maximum atomic E-state index is 9.49. The van der Waals surface area contributed by atoms with Crippen LogP contribution >= 0.6 is 11.6 Å². The molecule has 1 N–H and O–H groups in total. The van der Waals surface area contributed by atoms with Crippen molar-refractivity contribution in [2.24, 2.45) is 0 Å². The highest BCUT2D eigenvalue weighted by Crippen LogP contribution is 2.21. The molecular weight excluding hydrogens is 291 g/mol. The summed E-state index contributed by atoms with van der Waals surface area (Å²) in [5.41, 5.74) is 0. The molecule has 96 valence electrons. The van der Waals surface area contributed by atoms with E-state index in [1.165, 1.54) is 43.5 Å². The summed E-state index contributed by atoms with van der Waals surface area (Å²) in [6.07, 6.45) is 2.46. The first-order valence-electron chi connectivity index (χ1n) is 6.06. The number of aliphatic hydroxyl groups is 1. The van der Waals surface area contributed by atoms with Gasteiger partial charge in [0, 0.05) is 38.4 Å². The number of piperazine rings is 1. The molecule has 2 heterocycles. The third-order valence-electron chi connectivity index (χ3n) is 3.94. The molecule has 0 aliphatic carbocycles. The summed E-state index contributed by atoms with van der Waals surface area (Å²) < 4.78 is 1.34. The SMILES string of the molecule is OC(CCl)CN1CC[N+]2(CCCC2)CC1.[Br-]. The Balaban J connectivity index is 0.00000128. The minimum absolute atomic E-state index is 0. The quantitative estimate of drug-likeness (QED) is 0.461. The fraction of sp³-hybridized carbons (Fsp3) is 1.00. The Morgan fingerprint density at radius 3 is 2.19 bits per heavy atom. The first-order valence-corrected chi connectivity index (χ1v) is 6.59. The van der Waals surface area contributed by atoms with Gasteiger partial charge >= 0.3 is 0 Å². The topological polar surface area (TPSA) is 23.5 Å². The van der Waals surface area contributed by atoms with Gasteiger partial charge in [-0.3, -0.25) is 4.90 Å². The molecule has 1 spiro atoms. The summed E-state index contributed by atoms with van der Waals surface area (Å²) >= 11 is 5.61. The van der Waals surface area contributed by atoms with Crippen LogP contribution in [0.25, 0.3) is 0 Å². The molecular formula is C11H22BrClN2O. The Morgan fingerprint density at radius 1 is 1.12 bits per heavy atom. The molecule has 0 aromatic heterocycles. The maximum Gasteiger partial charge on any atom is 0.0916 e. The van der Waals surface area contributed by atoms with Crippen LogP contribution in [-0.2, 0) is 0 Å². The van der Waals surface area contributed by atoms with Gasteiger partial charge in [-0.05, 0) is 0 Å². The average Bonchev–Trinajstić information content (AvgIpc) is 2.70. The first kappa shape index (κ1) is 14.7. The van der Waals surface area contributed by atoms with Crippen LogP contribution in [0.1, 0.15) is 12.8 Å². The molecule has 0 saturated carbocycles. The van der Waals surface area contributed by atoms with Crippen LogP contribution < -0.4 is 17.0 Å². The Bertz CT molecular complexity index is 202.